The Morgan fingerprint density at radius 2 is 2.38 bits per heavy atom. The van der Waals surface area contributed by atoms with Crippen molar-refractivity contribution in [2.75, 3.05) is 5.75 Å². The third-order valence-corrected chi connectivity index (χ3v) is 2.94. The second-order valence-corrected chi connectivity index (χ2v) is 3.94. The van der Waals surface area contributed by atoms with Crippen molar-refractivity contribution in [3.8, 4) is 0 Å². The molecule has 13 heavy (non-hydrogen) atoms. The lowest BCUT2D eigenvalue weighted by Crippen LogP contribution is -1.90. The topological polar surface area (TPSA) is 30.0 Å². The molecule has 70 valence electrons. The van der Waals surface area contributed by atoms with Gasteiger partial charge in [0, 0.05) is 11.8 Å². The molecule has 0 aliphatic rings. The lowest BCUT2D eigenvalue weighted by Gasteiger charge is -2.03. The maximum Gasteiger partial charge on any atom is 0.151 e. The summed E-state index contributed by atoms with van der Waals surface area (Å²) in [6, 6.07) is 1.87. The second-order valence-electron chi connectivity index (χ2n) is 2.86. The van der Waals surface area contributed by atoms with Crippen LogP contribution in [0.25, 0.3) is 0 Å². The van der Waals surface area contributed by atoms with Gasteiger partial charge in [0.05, 0.1) is 5.03 Å². The van der Waals surface area contributed by atoms with Crippen molar-refractivity contribution in [3.05, 3.63) is 23.4 Å². The van der Waals surface area contributed by atoms with Crippen LogP contribution in [0.1, 0.15) is 29.3 Å². The van der Waals surface area contributed by atoms with Crippen LogP contribution >= 0.6 is 11.8 Å². The van der Waals surface area contributed by atoms with Crippen LogP contribution in [0, 0.1) is 6.92 Å². The molecule has 0 saturated carbocycles. The highest BCUT2D eigenvalue weighted by Gasteiger charge is 2.00. The molecule has 0 fully saturated rings. The van der Waals surface area contributed by atoms with Gasteiger partial charge >= 0.3 is 0 Å². The Morgan fingerprint density at radius 3 is 2.92 bits per heavy atom. The Kier molecular flexibility index (Phi) is 3.96. The molecule has 0 N–H and O–H groups in total. The minimum Gasteiger partial charge on any atom is -0.298 e. The van der Waals surface area contributed by atoms with Crippen LogP contribution in [-0.2, 0) is 0 Å². The number of hydrogen-bond acceptors (Lipinski definition) is 3. The largest absolute Gasteiger partial charge is 0.298 e. The predicted octanol–water partition coefficient (Wildman–Crippen LogP) is 2.70. The molecular weight excluding hydrogens is 182 g/mol. The van der Waals surface area contributed by atoms with E-state index < -0.39 is 0 Å². The van der Waals surface area contributed by atoms with Gasteiger partial charge < -0.3 is 0 Å². The second kappa shape index (κ2) is 5.02. The average Bonchev–Trinajstić information content (AvgIpc) is 2.16. The molecule has 0 aromatic carbocycles. The minimum absolute atomic E-state index is 0.651. The predicted molar refractivity (Wildman–Crippen MR) is 55.4 cm³/mol. The van der Waals surface area contributed by atoms with Gasteiger partial charge in [-0.1, -0.05) is 6.92 Å². The van der Waals surface area contributed by atoms with E-state index in [1.165, 1.54) is 0 Å². The number of pyridine rings is 1. The van der Waals surface area contributed by atoms with E-state index in [0.29, 0.717) is 5.56 Å². The van der Waals surface area contributed by atoms with Gasteiger partial charge in [-0.25, -0.2) is 4.98 Å². The van der Waals surface area contributed by atoms with Crippen LogP contribution in [0.2, 0.25) is 0 Å². The van der Waals surface area contributed by atoms with Gasteiger partial charge in [-0.05, 0) is 30.7 Å². The van der Waals surface area contributed by atoms with Crippen molar-refractivity contribution < 1.29 is 4.79 Å². The maximum absolute atomic E-state index is 10.4. The third kappa shape index (κ3) is 2.84. The van der Waals surface area contributed by atoms with Gasteiger partial charge in [0.15, 0.2) is 6.29 Å². The smallest absolute Gasteiger partial charge is 0.151 e. The number of nitrogens with zero attached hydrogens (tertiary/aromatic N) is 1. The van der Waals surface area contributed by atoms with Crippen molar-refractivity contribution in [1.82, 2.24) is 4.98 Å². The summed E-state index contributed by atoms with van der Waals surface area (Å²) in [5.41, 5.74) is 1.74. The van der Waals surface area contributed by atoms with Gasteiger partial charge in [0.25, 0.3) is 0 Å². The average molecular weight is 195 g/mol. The quantitative estimate of drug-likeness (QED) is 0.546. The molecular formula is C10H13NOS. The van der Waals surface area contributed by atoms with Crippen LogP contribution < -0.4 is 0 Å². The third-order valence-electron chi connectivity index (χ3n) is 1.63. The first-order valence-corrected chi connectivity index (χ1v) is 5.31. The standard InChI is InChI=1S/C10H13NOS/c1-3-4-13-10-8(2)5-9(7-12)6-11-10/h5-7H,3-4H2,1-2H3. The Morgan fingerprint density at radius 1 is 1.62 bits per heavy atom. The summed E-state index contributed by atoms with van der Waals surface area (Å²) in [5, 5.41) is 1.03. The van der Waals surface area contributed by atoms with E-state index in [-0.39, 0.29) is 0 Å². The monoisotopic (exact) mass is 195 g/mol. The number of aldehydes is 1. The van der Waals surface area contributed by atoms with Crippen molar-refractivity contribution in [2.24, 2.45) is 0 Å². The molecule has 0 bridgehead atoms. The van der Waals surface area contributed by atoms with Crippen LogP contribution in [0.4, 0.5) is 0 Å². The molecule has 0 radical (unpaired) electrons. The maximum atomic E-state index is 10.4. The lowest BCUT2D eigenvalue weighted by molar-refractivity contribution is 0.112. The molecule has 2 nitrogen and oxygen atoms in total. The zero-order valence-corrected chi connectivity index (χ0v) is 8.73. The molecule has 0 atom stereocenters. The van der Waals surface area contributed by atoms with E-state index in [4.69, 9.17) is 0 Å². The zero-order chi connectivity index (χ0) is 9.68. The fourth-order valence-corrected chi connectivity index (χ4v) is 1.81. The number of aromatic nitrogens is 1. The van der Waals surface area contributed by atoms with Gasteiger partial charge in [0.1, 0.15) is 0 Å². The summed E-state index contributed by atoms with van der Waals surface area (Å²) in [7, 11) is 0. The van der Waals surface area contributed by atoms with Crippen LogP contribution in [0.15, 0.2) is 17.3 Å². The molecule has 3 heteroatoms. The van der Waals surface area contributed by atoms with Crippen LogP contribution in [-0.4, -0.2) is 17.0 Å². The number of carbonyl (C=O) groups excluding carboxylic acids is 1. The van der Waals surface area contributed by atoms with Crippen molar-refractivity contribution >= 4 is 18.0 Å². The van der Waals surface area contributed by atoms with Gasteiger partial charge in [-0.3, -0.25) is 4.79 Å². The molecule has 0 spiro atoms. The van der Waals surface area contributed by atoms with Crippen LogP contribution in [0.3, 0.4) is 0 Å². The van der Waals surface area contributed by atoms with Crippen molar-refractivity contribution in [2.45, 2.75) is 25.3 Å². The Hall–Kier alpha value is -0.830. The Bertz CT molecular complexity index is 299. The summed E-state index contributed by atoms with van der Waals surface area (Å²) in [4.78, 5) is 14.7. The Balaban J connectivity index is 2.79. The first-order chi connectivity index (χ1) is 6.27. The molecule has 0 amide bonds. The molecule has 0 aliphatic heterocycles. The summed E-state index contributed by atoms with van der Waals surface area (Å²) in [6.07, 6.45) is 3.59. The highest BCUT2D eigenvalue weighted by Crippen LogP contribution is 2.20. The van der Waals surface area contributed by atoms with Crippen LogP contribution in [0.5, 0.6) is 0 Å². The Labute approximate surface area is 82.8 Å². The summed E-state index contributed by atoms with van der Waals surface area (Å²) in [5.74, 6) is 1.08. The molecule has 0 aliphatic carbocycles. The number of carbonyl (C=O) groups is 1. The molecule has 1 aromatic heterocycles. The molecule has 1 heterocycles. The van der Waals surface area contributed by atoms with Gasteiger partial charge in [-0.15, -0.1) is 11.8 Å². The zero-order valence-electron chi connectivity index (χ0n) is 7.91. The highest BCUT2D eigenvalue weighted by atomic mass is 32.2. The van der Waals surface area contributed by atoms with Gasteiger partial charge in [0.2, 0.25) is 0 Å². The normalized spacial score (nSPS) is 10.0. The summed E-state index contributed by atoms with van der Waals surface area (Å²) >= 11 is 1.74. The number of thioether (sulfide) groups is 1. The number of rotatable bonds is 4. The summed E-state index contributed by atoms with van der Waals surface area (Å²) in [6.45, 7) is 4.13. The molecule has 1 aromatic rings. The van der Waals surface area contributed by atoms with E-state index >= 15 is 0 Å². The molecule has 1 rings (SSSR count). The van der Waals surface area contributed by atoms with Gasteiger partial charge in [-0.2, -0.15) is 0 Å². The summed E-state index contributed by atoms with van der Waals surface area (Å²) < 4.78 is 0. The first-order valence-electron chi connectivity index (χ1n) is 4.32. The van der Waals surface area contributed by atoms with Crippen molar-refractivity contribution in [1.29, 1.82) is 0 Å². The number of hydrogen-bond donors (Lipinski definition) is 0. The first kappa shape index (κ1) is 10.3. The fourth-order valence-electron chi connectivity index (χ4n) is 0.998. The van der Waals surface area contributed by atoms with E-state index in [1.807, 2.05) is 13.0 Å². The molecule has 0 saturated heterocycles. The number of aryl methyl sites for hydroxylation is 1. The van der Waals surface area contributed by atoms with E-state index in [0.717, 1.165) is 29.0 Å². The highest BCUT2D eigenvalue weighted by molar-refractivity contribution is 7.99. The van der Waals surface area contributed by atoms with E-state index in [1.54, 1.807) is 18.0 Å². The fraction of sp³-hybridized carbons (Fsp3) is 0.400. The van der Waals surface area contributed by atoms with E-state index in [9.17, 15) is 4.79 Å². The van der Waals surface area contributed by atoms with E-state index in [2.05, 4.69) is 11.9 Å². The SMILES string of the molecule is CCCSc1ncc(C=O)cc1C. The minimum atomic E-state index is 0.651. The molecule has 0 unspecified atom stereocenters. The van der Waals surface area contributed by atoms with Crippen molar-refractivity contribution in [3.63, 3.8) is 0 Å². The lowest BCUT2D eigenvalue weighted by atomic mass is 10.2.